The van der Waals surface area contributed by atoms with E-state index in [2.05, 4.69) is 25.3 Å². The number of imide groups is 2. The average Bonchev–Trinajstić information content (AvgIpc) is 3.83. The predicted octanol–water partition coefficient (Wildman–Crippen LogP) is 5.13. The maximum Gasteiger partial charge on any atom is 0.233 e. The highest BCUT2D eigenvalue weighted by Crippen LogP contribution is 2.58. The molecule has 43 heavy (non-hydrogen) atoms. The Labute approximate surface area is 254 Å². The first-order valence-corrected chi connectivity index (χ1v) is 16.9. The molecule has 2 saturated heterocycles. The van der Waals surface area contributed by atoms with Gasteiger partial charge in [-0.2, -0.15) is 0 Å². The number of ether oxygens (including phenoxy) is 1. The van der Waals surface area contributed by atoms with E-state index in [1.165, 1.54) is 11.1 Å². The molecule has 8 unspecified atom stereocenters. The van der Waals surface area contributed by atoms with E-state index in [0.29, 0.717) is 0 Å². The van der Waals surface area contributed by atoms with E-state index in [4.69, 9.17) is 4.74 Å². The van der Waals surface area contributed by atoms with E-state index >= 15 is 0 Å². The van der Waals surface area contributed by atoms with Gasteiger partial charge < -0.3 is 4.74 Å². The summed E-state index contributed by atoms with van der Waals surface area (Å²) in [5, 5.41) is 0. The lowest BCUT2D eigenvalue weighted by molar-refractivity contribution is -0.145. The van der Waals surface area contributed by atoms with Crippen LogP contribution < -0.4 is 0 Å². The molecule has 0 aromatic rings. The number of fused-ring (bicyclic) bond motifs is 10. The standard InChI is InChI=1S/C36H44N2O5/c1-3-5-19-15-21-17-27(19)31-29(21)33(39)37(35(31)41)23-7-11-25(12-8-23)43-26-13-9-24(10-14-26)38-34(40)30-22-16-20(6-4-2)28(18-22)32(30)36(38)42/h3-4,15-16,21-32H,1-2,5-14,17-18H2. The SMILES string of the molecule is C=CCC1=CC2CC1C1C(=O)N(C3CCC(OC4CCC(N5C(=O)C6C7C=C(CC=C)C(C7)C6C5=O)CC4)CC3)C(=O)C21. The lowest BCUT2D eigenvalue weighted by Crippen LogP contribution is -2.46. The molecule has 4 saturated carbocycles. The van der Waals surface area contributed by atoms with Crippen molar-refractivity contribution < 1.29 is 23.9 Å². The minimum atomic E-state index is -0.156. The summed E-state index contributed by atoms with van der Waals surface area (Å²) >= 11 is 0. The molecule has 2 aliphatic heterocycles. The zero-order valence-corrected chi connectivity index (χ0v) is 25.1. The second-order valence-corrected chi connectivity index (χ2v) is 14.7. The zero-order valence-electron chi connectivity index (χ0n) is 25.1. The number of carbonyl (C=O) groups excluding carboxylic acids is 4. The second kappa shape index (κ2) is 10.4. The van der Waals surface area contributed by atoms with Crippen molar-refractivity contribution in [3.63, 3.8) is 0 Å². The van der Waals surface area contributed by atoms with Crippen molar-refractivity contribution in [2.75, 3.05) is 0 Å². The molecule has 8 rings (SSSR count). The van der Waals surface area contributed by atoms with E-state index < -0.39 is 0 Å². The fourth-order valence-corrected chi connectivity index (χ4v) is 10.9. The number of amides is 4. The van der Waals surface area contributed by atoms with Crippen molar-refractivity contribution in [1.29, 1.82) is 0 Å². The predicted molar refractivity (Wildman–Crippen MR) is 160 cm³/mol. The highest BCUT2D eigenvalue weighted by atomic mass is 16.5. The van der Waals surface area contributed by atoms with E-state index in [1.807, 2.05) is 12.2 Å². The van der Waals surface area contributed by atoms with Crippen LogP contribution in [0.3, 0.4) is 0 Å². The Morgan fingerprint density at radius 3 is 1.35 bits per heavy atom. The van der Waals surface area contributed by atoms with Crippen molar-refractivity contribution >= 4 is 23.6 Å². The highest BCUT2D eigenvalue weighted by molar-refractivity contribution is 6.07. The number of rotatable bonds is 8. The maximum atomic E-state index is 13.5. The normalized spacial score (nSPS) is 44.7. The molecule has 7 heteroatoms. The molecule has 0 aromatic heterocycles. The van der Waals surface area contributed by atoms with Gasteiger partial charge in [0, 0.05) is 12.1 Å². The van der Waals surface area contributed by atoms with Gasteiger partial charge in [0.2, 0.25) is 23.6 Å². The molecule has 6 aliphatic carbocycles. The van der Waals surface area contributed by atoms with E-state index in [9.17, 15) is 19.2 Å². The van der Waals surface area contributed by atoms with Crippen LogP contribution in [0, 0.1) is 47.3 Å². The molecule has 0 radical (unpaired) electrons. The number of nitrogens with zero attached hydrogens (tertiary/aromatic N) is 2. The third kappa shape index (κ3) is 4.09. The van der Waals surface area contributed by atoms with Crippen molar-refractivity contribution in [2.24, 2.45) is 47.3 Å². The lowest BCUT2D eigenvalue weighted by Gasteiger charge is -2.38. The summed E-state index contributed by atoms with van der Waals surface area (Å²) in [7, 11) is 0. The van der Waals surface area contributed by atoms with Crippen LogP contribution in [-0.4, -0.2) is 57.7 Å². The zero-order chi connectivity index (χ0) is 29.6. The quantitative estimate of drug-likeness (QED) is 0.292. The first-order chi connectivity index (χ1) is 20.9. The van der Waals surface area contributed by atoms with Gasteiger partial charge >= 0.3 is 0 Å². The van der Waals surface area contributed by atoms with Gasteiger partial charge in [0.25, 0.3) is 0 Å². The first kappa shape index (κ1) is 27.7. The number of likely N-dealkylation sites (tertiary alicyclic amines) is 2. The Morgan fingerprint density at radius 2 is 0.977 bits per heavy atom. The number of hydrogen-bond donors (Lipinski definition) is 0. The summed E-state index contributed by atoms with van der Waals surface area (Å²) in [5.74, 6) is 0.522. The monoisotopic (exact) mass is 584 g/mol. The summed E-state index contributed by atoms with van der Waals surface area (Å²) in [4.78, 5) is 57.3. The van der Waals surface area contributed by atoms with E-state index in [1.54, 1.807) is 9.80 Å². The fraction of sp³-hybridized carbons (Fsp3) is 0.667. The Hall–Kier alpha value is -2.80. The van der Waals surface area contributed by atoms with Crippen LogP contribution in [0.25, 0.3) is 0 Å². The second-order valence-electron chi connectivity index (χ2n) is 14.7. The molecule has 6 fully saturated rings. The van der Waals surface area contributed by atoms with Gasteiger partial charge in [0.1, 0.15) is 0 Å². The van der Waals surface area contributed by atoms with Gasteiger partial charge in [-0.1, -0.05) is 35.5 Å². The minimum absolute atomic E-state index is 0.00753. The Kier molecular flexibility index (Phi) is 6.70. The number of hydrogen-bond acceptors (Lipinski definition) is 5. The van der Waals surface area contributed by atoms with Crippen LogP contribution in [0.4, 0.5) is 0 Å². The Morgan fingerprint density at radius 1 is 0.605 bits per heavy atom. The molecule has 8 aliphatic rings. The van der Waals surface area contributed by atoms with Crippen molar-refractivity contribution in [2.45, 2.75) is 101 Å². The van der Waals surface area contributed by atoms with Crippen LogP contribution in [0.5, 0.6) is 0 Å². The first-order valence-electron chi connectivity index (χ1n) is 16.9. The van der Waals surface area contributed by atoms with E-state index in [-0.39, 0.29) is 95.3 Å². The summed E-state index contributed by atoms with van der Waals surface area (Å²) in [6.45, 7) is 7.74. The van der Waals surface area contributed by atoms with Crippen LogP contribution in [0.1, 0.15) is 77.0 Å². The maximum absolute atomic E-state index is 13.5. The number of allylic oxidation sites excluding steroid dienone is 6. The summed E-state index contributed by atoms with van der Waals surface area (Å²) in [5.41, 5.74) is 2.61. The topological polar surface area (TPSA) is 84.0 Å². The summed E-state index contributed by atoms with van der Waals surface area (Å²) in [6.07, 6.45) is 18.8. The van der Waals surface area contributed by atoms with Gasteiger partial charge in [-0.15, -0.1) is 13.2 Å². The smallest absolute Gasteiger partial charge is 0.233 e. The molecule has 0 aromatic carbocycles. The number of carbonyl (C=O) groups is 4. The average molecular weight is 585 g/mol. The van der Waals surface area contributed by atoms with Gasteiger partial charge in [-0.25, -0.2) is 0 Å². The van der Waals surface area contributed by atoms with Gasteiger partial charge in [0.05, 0.1) is 35.9 Å². The van der Waals surface area contributed by atoms with Crippen LogP contribution in [0.2, 0.25) is 0 Å². The third-order valence-electron chi connectivity index (χ3n) is 12.7. The largest absolute Gasteiger partial charge is 0.375 e. The van der Waals surface area contributed by atoms with Crippen molar-refractivity contribution in [3.05, 3.63) is 48.6 Å². The Bertz CT molecular complexity index is 1230. The highest BCUT2D eigenvalue weighted by Gasteiger charge is 2.63. The summed E-state index contributed by atoms with van der Waals surface area (Å²) in [6, 6.07) is -0.0151. The van der Waals surface area contributed by atoms with Crippen molar-refractivity contribution in [1.82, 2.24) is 9.80 Å². The van der Waals surface area contributed by atoms with Crippen LogP contribution in [0.15, 0.2) is 48.6 Å². The molecule has 7 nitrogen and oxygen atoms in total. The third-order valence-corrected chi connectivity index (χ3v) is 12.7. The molecular formula is C36H44N2O5. The molecule has 4 amide bonds. The molecular weight excluding hydrogens is 540 g/mol. The fourth-order valence-electron chi connectivity index (χ4n) is 10.9. The van der Waals surface area contributed by atoms with E-state index in [0.717, 1.165) is 77.0 Å². The molecule has 8 atom stereocenters. The molecule has 228 valence electrons. The lowest BCUT2D eigenvalue weighted by atomic mass is 9.80. The molecule has 4 bridgehead atoms. The van der Waals surface area contributed by atoms with Crippen LogP contribution in [-0.2, 0) is 23.9 Å². The molecule has 2 heterocycles. The van der Waals surface area contributed by atoms with Crippen LogP contribution >= 0.6 is 0 Å². The molecule has 0 N–H and O–H groups in total. The Balaban J connectivity index is 0.827. The van der Waals surface area contributed by atoms with Gasteiger partial charge in [-0.05, 0) is 101 Å². The van der Waals surface area contributed by atoms with Gasteiger partial charge in [-0.3, -0.25) is 29.0 Å². The summed E-state index contributed by atoms with van der Waals surface area (Å²) < 4.78 is 6.57. The van der Waals surface area contributed by atoms with Crippen molar-refractivity contribution in [3.8, 4) is 0 Å². The van der Waals surface area contributed by atoms with Gasteiger partial charge in [0.15, 0.2) is 0 Å². The minimum Gasteiger partial charge on any atom is -0.375 e. The molecule has 0 spiro atoms.